The van der Waals surface area contributed by atoms with Gasteiger partial charge in [-0.2, -0.15) is 0 Å². The molecule has 1 aliphatic heterocycles. The van der Waals surface area contributed by atoms with Gasteiger partial charge in [-0.25, -0.2) is 0 Å². The van der Waals surface area contributed by atoms with Crippen molar-refractivity contribution < 1.29 is 9.90 Å². The van der Waals surface area contributed by atoms with Gasteiger partial charge in [-0.3, -0.25) is 4.79 Å². The molecule has 0 bridgehead atoms. The predicted octanol–water partition coefficient (Wildman–Crippen LogP) is 1.35. The van der Waals surface area contributed by atoms with E-state index in [1.807, 2.05) is 12.4 Å². The van der Waals surface area contributed by atoms with Crippen molar-refractivity contribution in [3.8, 4) is 0 Å². The summed E-state index contributed by atoms with van der Waals surface area (Å²) in [5, 5.41) is 8.88. The van der Waals surface area contributed by atoms with Crippen LogP contribution in [0.1, 0.15) is 18.4 Å². The summed E-state index contributed by atoms with van der Waals surface area (Å²) in [6.07, 6.45) is 6.59. The normalized spacial score (nSPS) is 18.8. The van der Waals surface area contributed by atoms with Crippen LogP contribution in [0.15, 0.2) is 18.5 Å². The summed E-state index contributed by atoms with van der Waals surface area (Å²) in [6.45, 7) is 2.87. The summed E-state index contributed by atoms with van der Waals surface area (Å²) in [5.41, 5.74) is 1.32. The smallest absolute Gasteiger partial charge is 0.306 e. The van der Waals surface area contributed by atoms with Crippen molar-refractivity contribution in [2.24, 2.45) is 5.92 Å². The first-order valence-corrected chi connectivity index (χ1v) is 5.82. The number of likely N-dealkylation sites (tertiary alicyclic amines) is 1. The van der Waals surface area contributed by atoms with E-state index < -0.39 is 5.97 Å². The van der Waals surface area contributed by atoms with E-state index in [2.05, 4.69) is 16.0 Å². The van der Waals surface area contributed by atoms with Crippen LogP contribution in [0, 0.1) is 5.92 Å². The van der Waals surface area contributed by atoms with Gasteiger partial charge >= 0.3 is 5.97 Å². The molecule has 0 amide bonds. The first kappa shape index (κ1) is 11.2. The first-order chi connectivity index (χ1) is 7.75. The van der Waals surface area contributed by atoms with Crippen LogP contribution in [0.5, 0.6) is 0 Å². The van der Waals surface area contributed by atoms with Crippen LogP contribution in [0.25, 0.3) is 0 Å². The fourth-order valence-corrected chi connectivity index (χ4v) is 2.20. The van der Waals surface area contributed by atoms with Gasteiger partial charge in [-0.05, 0) is 44.0 Å². The third kappa shape index (κ3) is 2.85. The van der Waals surface area contributed by atoms with E-state index in [4.69, 9.17) is 5.11 Å². The molecule has 0 aromatic carbocycles. The highest BCUT2D eigenvalue weighted by atomic mass is 16.4. The second-order valence-electron chi connectivity index (χ2n) is 4.42. The number of aromatic amines is 1. The fraction of sp³-hybridized carbons (Fsp3) is 0.583. The van der Waals surface area contributed by atoms with Crippen molar-refractivity contribution in [2.45, 2.75) is 19.3 Å². The minimum absolute atomic E-state index is 0.122. The molecular formula is C12H18N2O2. The Kier molecular flexibility index (Phi) is 3.62. The second kappa shape index (κ2) is 5.16. The molecule has 1 saturated heterocycles. The fourth-order valence-electron chi connectivity index (χ4n) is 2.20. The quantitative estimate of drug-likeness (QED) is 0.808. The van der Waals surface area contributed by atoms with Crippen molar-refractivity contribution in [3.05, 3.63) is 24.0 Å². The van der Waals surface area contributed by atoms with E-state index in [0.717, 1.165) is 38.9 Å². The minimum atomic E-state index is -0.634. The average molecular weight is 222 g/mol. The Morgan fingerprint density at radius 1 is 1.50 bits per heavy atom. The Labute approximate surface area is 95.3 Å². The predicted molar refractivity (Wildman–Crippen MR) is 61.3 cm³/mol. The van der Waals surface area contributed by atoms with Gasteiger partial charge < -0.3 is 15.0 Å². The van der Waals surface area contributed by atoms with Crippen LogP contribution in [0.3, 0.4) is 0 Å². The lowest BCUT2D eigenvalue weighted by Gasteiger charge is -2.29. The molecule has 16 heavy (non-hydrogen) atoms. The van der Waals surface area contributed by atoms with Gasteiger partial charge in [0.1, 0.15) is 0 Å². The Bertz CT molecular complexity index is 327. The highest BCUT2D eigenvalue weighted by Gasteiger charge is 2.23. The molecule has 2 rings (SSSR count). The van der Waals surface area contributed by atoms with Gasteiger partial charge in [0, 0.05) is 18.9 Å². The number of hydrogen-bond donors (Lipinski definition) is 2. The number of hydrogen-bond acceptors (Lipinski definition) is 2. The van der Waals surface area contributed by atoms with Gasteiger partial charge in [-0.15, -0.1) is 0 Å². The highest BCUT2D eigenvalue weighted by molar-refractivity contribution is 5.70. The molecule has 0 unspecified atom stereocenters. The molecular weight excluding hydrogens is 204 g/mol. The standard InChI is InChI=1S/C12H18N2O2/c15-12(16)11-3-7-14(8-4-11)6-2-10-1-5-13-9-10/h1,5,9,11,13H,2-4,6-8H2,(H,15,16). The first-order valence-electron chi connectivity index (χ1n) is 5.82. The van der Waals surface area contributed by atoms with E-state index in [-0.39, 0.29) is 5.92 Å². The topological polar surface area (TPSA) is 56.3 Å². The molecule has 0 atom stereocenters. The van der Waals surface area contributed by atoms with Crippen molar-refractivity contribution in [3.63, 3.8) is 0 Å². The van der Waals surface area contributed by atoms with E-state index in [9.17, 15) is 4.79 Å². The van der Waals surface area contributed by atoms with Crippen molar-refractivity contribution in [1.82, 2.24) is 9.88 Å². The molecule has 0 aliphatic carbocycles. The summed E-state index contributed by atoms with van der Waals surface area (Å²) >= 11 is 0. The molecule has 2 heterocycles. The molecule has 4 nitrogen and oxygen atoms in total. The van der Waals surface area contributed by atoms with Crippen LogP contribution in [-0.4, -0.2) is 40.6 Å². The maximum atomic E-state index is 10.8. The number of piperidine rings is 1. The van der Waals surface area contributed by atoms with E-state index in [0.29, 0.717) is 0 Å². The summed E-state index contributed by atoms with van der Waals surface area (Å²) in [7, 11) is 0. The lowest BCUT2D eigenvalue weighted by Crippen LogP contribution is -2.37. The number of carboxylic acids is 1. The van der Waals surface area contributed by atoms with Crippen molar-refractivity contribution in [2.75, 3.05) is 19.6 Å². The molecule has 2 N–H and O–H groups in total. The Morgan fingerprint density at radius 2 is 2.25 bits per heavy atom. The number of carbonyl (C=O) groups is 1. The number of rotatable bonds is 4. The number of nitrogens with one attached hydrogen (secondary N) is 1. The molecule has 1 fully saturated rings. The number of H-pyrrole nitrogens is 1. The number of carboxylic acid groups (broad SMARTS) is 1. The van der Waals surface area contributed by atoms with Crippen LogP contribution in [-0.2, 0) is 11.2 Å². The van der Waals surface area contributed by atoms with Gasteiger partial charge in [-0.1, -0.05) is 0 Å². The molecule has 0 spiro atoms. The van der Waals surface area contributed by atoms with Crippen molar-refractivity contribution >= 4 is 5.97 Å². The number of aromatic nitrogens is 1. The van der Waals surface area contributed by atoms with E-state index >= 15 is 0 Å². The van der Waals surface area contributed by atoms with Gasteiger partial charge in [0.25, 0.3) is 0 Å². The van der Waals surface area contributed by atoms with E-state index in [1.165, 1.54) is 5.56 Å². The molecule has 88 valence electrons. The Balaban J connectivity index is 1.71. The molecule has 0 saturated carbocycles. The molecule has 4 heteroatoms. The van der Waals surface area contributed by atoms with Gasteiger partial charge in [0.2, 0.25) is 0 Å². The van der Waals surface area contributed by atoms with Crippen LogP contribution in [0.2, 0.25) is 0 Å². The lowest BCUT2D eigenvalue weighted by atomic mass is 9.97. The third-order valence-corrected chi connectivity index (χ3v) is 3.32. The van der Waals surface area contributed by atoms with Crippen molar-refractivity contribution in [1.29, 1.82) is 0 Å². The SMILES string of the molecule is O=C(O)C1CCN(CCc2cc[nH]c2)CC1. The van der Waals surface area contributed by atoms with Crippen LogP contribution in [0.4, 0.5) is 0 Å². The minimum Gasteiger partial charge on any atom is -0.481 e. The molecule has 1 aromatic heterocycles. The number of nitrogens with zero attached hydrogens (tertiary/aromatic N) is 1. The lowest BCUT2D eigenvalue weighted by molar-refractivity contribution is -0.143. The maximum absolute atomic E-state index is 10.8. The zero-order valence-corrected chi connectivity index (χ0v) is 9.35. The van der Waals surface area contributed by atoms with Gasteiger partial charge in [0.05, 0.1) is 5.92 Å². The summed E-state index contributed by atoms with van der Waals surface area (Å²) in [6, 6.07) is 2.09. The summed E-state index contributed by atoms with van der Waals surface area (Å²) < 4.78 is 0. The molecule has 1 aromatic rings. The zero-order valence-electron chi connectivity index (χ0n) is 9.35. The van der Waals surface area contributed by atoms with Gasteiger partial charge in [0.15, 0.2) is 0 Å². The average Bonchev–Trinajstić information content (AvgIpc) is 2.80. The Hall–Kier alpha value is -1.29. The maximum Gasteiger partial charge on any atom is 0.306 e. The third-order valence-electron chi connectivity index (χ3n) is 3.32. The summed E-state index contributed by atoms with van der Waals surface area (Å²) in [5.74, 6) is -0.756. The summed E-state index contributed by atoms with van der Waals surface area (Å²) in [4.78, 5) is 16.2. The van der Waals surface area contributed by atoms with Crippen LogP contribution >= 0.6 is 0 Å². The second-order valence-corrected chi connectivity index (χ2v) is 4.42. The van der Waals surface area contributed by atoms with E-state index in [1.54, 1.807) is 0 Å². The highest BCUT2D eigenvalue weighted by Crippen LogP contribution is 2.17. The zero-order chi connectivity index (χ0) is 11.4. The monoisotopic (exact) mass is 222 g/mol. The number of aliphatic carboxylic acids is 1. The largest absolute Gasteiger partial charge is 0.481 e. The van der Waals surface area contributed by atoms with Crippen LogP contribution < -0.4 is 0 Å². The molecule has 1 aliphatic rings. The Morgan fingerprint density at radius 3 is 2.81 bits per heavy atom. The molecule has 0 radical (unpaired) electrons.